The van der Waals surface area contributed by atoms with Crippen molar-refractivity contribution in [2.75, 3.05) is 6.54 Å². The molecule has 3 aliphatic carbocycles. The Bertz CT molecular complexity index is 1520. The first-order chi connectivity index (χ1) is 17.7. The molecule has 4 aromatic carbocycles. The fraction of sp³-hybridized carbons (Fsp3) is 0.212. The number of amides is 2. The lowest BCUT2D eigenvalue weighted by atomic mass is 9.30. The number of imide groups is 1. The Labute approximate surface area is 210 Å². The molecule has 2 fully saturated rings. The summed E-state index contributed by atoms with van der Waals surface area (Å²) in [5.74, 6) is -0.244. The molecule has 4 atom stereocenters. The van der Waals surface area contributed by atoms with E-state index in [0.717, 1.165) is 28.7 Å². The van der Waals surface area contributed by atoms with E-state index >= 15 is 0 Å². The third kappa shape index (κ3) is 1.88. The van der Waals surface area contributed by atoms with Crippen LogP contribution in [0.1, 0.15) is 47.4 Å². The molecule has 4 aromatic rings. The van der Waals surface area contributed by atoms with Crippen molar-refractivity contribution in [1.29, 1.82) is 0 Å². The van der Waals surface area contributed by atoms with Crippen LogP contribution in [0.2, 0.25) is 0 Å². The fourth-order valence-electron chi connectivity index (χ4n) is 8.41. The summed E-state index contributed by atoms with van der Waals surface area (Å²) in [5.41, 5.74) is 7.03. The Kier molecular flexibility index (Phi) is 3.72. The summed E-state index contributed by atoms with van der Waals surface area (Å²) in [6, 6.07) is 33.7. The Balaban J connectivity index is 1.58. The van der Waals surface area contributed by atoms with E-state index in [9.17, 15) is 9.59 Å². The molecule has 0 aromatic heterocycles. The summed E-state index contributed by atoms with van der Waals surface area (Å²) in [5, 5.41) is 0. The number of nitrogens with zero attached hydrogens (tertiary/aromatic N) is 1. The van der Waals surface area contributed by atoms with Crippen LogP contribution in [0.5, 0.6) is 0 Å². The lowest BCUT2D eigenvalue weighted by molar-refractivity contribution is -0.140. The highest BCUT2D eigenvalue weighted by molar-refractivity contribution is 6.22. The number of carbonyl (C=O) groups is 2. The zero-order valence-electron chi connectivity index (χ0n) is 20.1. The van der Waals surface area contributed by atoms with Crippen molar-refractivity contribution in [3.05, 3.63) is 119 Å². The van der Waals surface area contributed by atoms with Gasteiger partial charge in [0.2, 0.25) is 11.8 Å². The van der Waals surface area contributed by atoms with E-state index in [1.165, 1.54) is 22.3 Å². The van der Waals surface area contributed by atoms with Crippen LogP contribution in [0.4, 0.5) is 0 Å². The molecule has 4 aliphatic rings. The van der Waals surface area contributed by atoms with Crippen LogP contribution < -0.4 is 0 Å². The van der Waals surface area contributed by atoms with Crippen LogP contribution in [-0.4, -0.2) is 23.3 Å². The van der Waals surface area contributed by atoms with Gasteiger partial charge in [0.25, 0.3) is 0 Å². The zero-order chi connectivity index (χ0) is 24.2. The molecule has 1 saturated carbocycles. The summed E-state index contributed by atoms with van der Waals surface area (Å²) in [7, 11) is 0. The highest BCUT2D eigenvalue weighted by atomic mass is 16.2. The molecule has 0 bridgehead atoms. The normalized spacial score (nSPS) is 28.1. The molecule has 3 heteroatoms. The second-order valence-electron chi connectivity index (χ2n) is 10.6. The van der Waals surface area contributed by atoms with Crippen LogP contribution in [0.3, 0.4) is 0 Å². The number of benzene rings is 4. The lowest BCUT2D eigenvalue weighted by Crippen LogP contribution is -2.72. The summed E-state index contributed by atoms with van der Waals surface area (Å²) in [4.78, 5) is 31.1. The van der Waals surface area contributed by atoms with Gasteiger partial charge >= 0.3 is 0 Å². The van der Waals surface area contributed by atoms with Gasteiger partial charge < -0.3 is 0 Å². The second-order valence-corrected chi connectivity index (χ2v) is 10.6. The third-order valence-corrected chi connectivity index (χ3v) is 9.38. The predicted molar refractivity (Wildman–Crippen MR) is 140 cm³/mol. The van der Waals surface area contributed by atoms with Gasteiger partial charge in [0, 0.05) is 18.4 Å². The van der Waals surface area contributed by atoms with E-state index < -0.39 is 10.8 Å². The number of likely N-dealkylation sites (tertiary alicyclic amines) is 1. The number of rotatable bonds is 2. The molecule has 1 heterocycles. The van der Waals surface area contributed by atoms with E-state index in [1.807, 2.05) is 31.2 Å². The zero-order valence-corrected chi connectivity index (χ0v) is 20.1. The average Bonchev–Trinajstić information content (AvgIpc) is 3.05. The first-order valence-electron chi connectivity index (χ1n) is 12.9. The van der Waals surface area contributed by atoms with Crippen molar-refractivity contribution in [2.45, 2.75) is 36.0 Å². The van der Waals surface area contributed by atoms with Crippen molar-refractivity contribution in [1.82, 2.24) is 4.90 Å². The van der Waals surface area contributed by atoms with Crippen molar-refractivity contribution < 1.29 is 9.59 Å². The van der Waals surface area contributed by atoms with Crippen LogP contribution in [0.15, 0.2) is 97.1 Å². The second kappa shape index (κ2) is 6.61. The van der Waals surface area contributed by atoms with E-state index in [2.05, 4.69) is 72.8 Å². The first kappa shape index (κ1) is 20.2. The molecule has 8 rings (SSSR count). The van der Waals surface area contributed by atoms with Gasteiger partial charge in [0.05, 0.1) is 0 Å². The fourth-order valence-corrected chi connectivity index (χ4v) is 8.41. The number of hydrogen-bond donors (Lipinski definition) is 0. The molecule has 2 amide bonds. The van der Waals surface area contributed by atoms with Crippen LogP contribution in [0, 0.1) is 0 Å². The van der Waals surface area contributed by atoms with E-state index in [0.29, 0.717) is 6.54 Å². The molecular weight excluding hydrogens is 442 g/mol. The summed E-state index contributed by atoms with van der Waals surface area (Å²) in [6.45, 7) is 2.49. The summed E-state index contributed by atoms with van der Waals surface area (Å²) in [6.07, 6.45) is 0.745. The van der Waals surface area contributed by atoms with Gasteiger partial charge in [-0.1, -0.05) is 104 Å². The van der Waals surface area contributed by atoms with Crippen LogP contribution >= 0.6 is 0 Å². The van der Waals surface area contributed by atoms with E-state index in [-0.39, 0.29) is 23.7 Å². The Morgan fingerprint density at radius 1 is 0.583 bits per heavy atom. The predicted octanol–water partition coefficient (Wildman–Crippen LogP) is 6.18. The van der Waals surface area contributed by atoms with Gasteiger partial charge in [-0.25, -0.2) is 0 Å². The maximum Gasteiger partial charge on any atom is 0.241 e. The lowest BCUT2D eigenvalue weighted by Gasteiger charge is -2.67. The minimum atomic E-state index is -0.946. The Morgan fingerprint density at radius 3 is 1.42 bits per heavy atom. The summed E-state index contributed by atoms with van der Waals surface area (Å²) < 4.78 is 0. The van der Waals surface area contributed by atoms with E-state index in [1.54, 1.807) is 4.90 Å². The Morgan fingerprint density at radius 2 is 0.972 bits per heavy atom. The van der Waals surface area contributed by atoms with Crippen molar-refractivity contribution in [2.24, 2.45) is 0 Å². The van der Waals surface area contributed by atoms with Gasteiger partial charge in [0.15, 0.2) is 0 Å². The molecule has 1 aliphatic heterocycles. The number of hydrogen-bond acceptors (Lipinski definition) is 2. The molecule has 0 radical (unpaired) electrons. The molecule has 2 spiro atoms. The van der Waals surface area contributed by atoms with Gasteiger partial charge in [-0.3, -0.25) is 14.5 Å². The van der Waals surface area contributed by atoms with E-state index in [4.69, 9.17) is 0 Å². The maximum atomic E-state index is 14.8. The SMILES string of the molecule is CCCN1C(=O)[C@]23c4ccccc4-c4ccccc4[C@H]2[C@H]2c4ccccc4-c4ccccc4[C@]23C1=O. The van der Waals surface area contributed by atoms with Gasteiger partial charge in [0.1, 0.15) is 10.8 Å². The molecule has 3 nitrogen and oxygen atoms in total. The monoisotopic (exact) mass is 467 g/mol. The van der Waals surface area contributed by atoms with Crippen molar-refractivity contribution >= 4 is 11.8 Å². The van der Waals surface area contributed by atoms with Crippen molar-refractivity contribution in [3.8, 4) is 22.3 Å². The van der Waals surface area contributed by atoms with Gasteiger partial charge in [-0.15, -0.1) is 0 Å². The highest BCUT2D eigenvalue weighted by Gasteiger charge is 2.87. The molecule has 1 saturated heterocycles. The largest absolute Gasteiger partial charge is 0.281 e. The molecule has 36 heavy (non-hydrogen) atoms. The van der Waals surface area contributed by atoms with Crippen LogP contribution in [0.25, 0.3) is 22.3 Å². The third-order valence-electron chi connectivity index (χ3n) is 9.38. The topological polar surface area (TPSA) is 37.4 Å². The minimum absolute atomic E-state index is 0.0215. The van der Waals surface area contributed by atoms with Crippen molar-refractivity contribution in [3.63, 3.8) is 0 Å². The smallest absolute Gasteiger partial charge is 0.241 e. The van der Waals surface area contributed by atoms with Gasteiger partial charge in [-0.2, -0.15) is 0 Å². The Hall–Kier alpha value is -3.98. The molecular formula is C33H25NO2. The molecule has 0 N–H and O–H groups in total. The maximum absolute atomic E-state index is 14.8. The standard InChI is InChI=1S/C33H25NO2/c1-2-19-34-30(35)32-26-17-9-7-13-22(26)20-11-3-5-15-24(20)28(32)29-25-16-6-4-12-21(25)23-14-8-10-18-27(23)33(29,32)31(34)36/h3-18,28-29H,2,19H2,1H3/t28-,29+,32-,33+. The number of fused-ring (bicyclic) bond motifs is 9. The highest BCUT2D eigenvalue weighted by Crippen LogP contribution is 2.81. The summed E-state index contributed by atoms with van der Waals surface area (Å²) >= 11 is 0. The minimum Gasteiger partial charge on any atom is -0.281 e. The average molecular weight is 468 g/mol. The van der Waals surface area contributed by atoms with Gasteiger partial charge in [-0.05, 0) is 50.9 Å². The number of carbonyl (C=O) groups excluding carboxylic acids is 2. The quantitative estimate of drug-likeness (QED) is 0.330. The van der Waals surface area contributed by atoms with Crippen LogP contribution in [-0.2, 0) is 20.4 Å². The molecule has 0 unspecified atom stereocenters. The molecule has 174 valence electrons. The first-order valence-corrected chi connectivity index (χ1v) is 12.9.